The minimum absolute atomic E-state index is 0.126. The van der Waals surface area contributed by atoms with Gasteiger partial charge in [0, 0.05) is 19.6 Å². The number of nitrogens with zero attached hydrogens (tertiary/aromatic N) is 1. The van der Waals surface area contributed by atoms with Crippen molar-refractivity contribution < 1.29 is 12.8 Å². The molecule has 0 aromatic heterocycles. The summed E-state index contributed by atoms with van der Waals surface area (Å²) in [4.78, 5) is 0.231. The monoisotopic (exact) mass is 490 g/mol. The number of hydrogen-bond donors (Lipinski definition) is 1. The van der Waals surface area contributed by atoms with Crippen LogP contribution >= 0.6 is 0 Å². The molecule has 3 aromatic rings. The van der Waals surface area contributed by atoms with Gasteiger partial charge in [-0.05, 0) is 71.4 Å². The zero-order chi connectivity index (χ0) is 25.0. The van der Waals surface area contributed by atoms with E-state index < -0.39 is 10.0 Å². The molecule has 0 saturated carbocycles. The van der Waals surface area contributed by atoms with Crippen LogP contribution in [0.4, 0.5) is 4.39 Å². The van der Waals surface area contributed by atoms with E-state index in [0.717, 1.165) is 28.7 Å². The zero-order valence-corrected chi connectivity index (χ0v) is 20.9. The first-order valence-corrected chi connectivity index (χ1v) is 13.2. The van der Waals surface area contributed by atoms with Crippen LogP contribution in [-0.4, -0.2) is 12.7 Å². The number of benzene rings is 3. The molecular formula is C29H31FN2O2S. The highest BCUT2D eigenvalue weighted by atomic mass is 32.2. The summed E-state index contributed by atoms with van der Waals surface area (Å²) in [6.45, 7) is 4.77. The maximum atomic E-state index is 13.7. The van der Waals surface area contributed by atoms with Gasteiger partial charge >= 0.3 is 0 Å². The van der Waals surface area contributed by atoms with Crippen molar-refractivity contribution in [2.45, 2.75) is 44.8 Å². The van der Waals surface area contributed by atoms with Crippen LogP contribution in [0.2, 0.25) is 0 Å². The molecule has 1 aliphatic carbocycles. The van der Waals surface area contributed by atoms with Crippen LogP contribution in [0.1, 0.15) is 41.2 Å². The maximum absolute atomic E-state index is 13.7. The molecule has 4 nitrogen and oxygen atoms in total. The van der Waals surface area contributed by atoms with Gasteiger partial charge in [-0.3, -0.25) is 0 Å². The lowest BCUT2D eigenvalue weighted by Crippen LogP contribution is -2.30. The van der Waals surface area contributed by atoms with E-state index in [-0.39, 0.29) is 23.8 Å². The zero-order valence-electron chi connectivity index (χ0n) is 20.1. The van der Waals surface area contributed by atoms with E-state index >= 15 is 0 Å². The average Bonchev–Trinajstić information content (AvgIpc) is 2.85. The van der Waals surface area contributed by atoms with Gasteiger partial charge in [-0.1, -0.05) is 73.2 Å². The third-order valence-corrected chi connectivity index (χ3v) is 8.15. The maximum Gasteiger partial charge on any atom is 0.243 e. The summed E-state index contributed by atoms with van der Waals surface area (Å²) in [5, 5.41) is 0. The molecule has 0 aliphatic heterocycles. The quantitative estimate of drug-likeness (QED) is 0.424. The van der Waals surface area contributed by atoms with Gasteiger partial charge in [0.1, 0.15) is 5.82 Å². The second kappa shape index (κ2) is 10.7. The molecule has 0 heterocycles. The first-order chi connectivity index (χ1) is 16.8. The first-order valence-electron chi connectivity index (χ1n) is 11.8. The smallest absolute Gasteiger partial charge is 0.243 e. The SMILES string of the molecule is Cc1ccc(S(=O)(=O)N(Cc2ccc(F)cc2)Cc2cc(CN)cc(C3=CC=CCC3C)c2)cc1. The molecule has 4 rings (SSSR count). The lowest BCUT2D eigenvalue weighted by molar-refractivity contribution is 0.400. The third kappa shape index (κ3) is 5.96. The number of rotatable bonds is 8. The Labute approximate surface area is 207 Å². The van der Waals surface area contributed by atoms with Crippen LogP contribution < -0.4 is 5.73 Å². The van der Waals surface area contributed by atoms with Crippen LogP contribution in [0.25, 0.3) is 5.57 Å². The van der Waals surface area contributed by atoms with Crippen LogP contribution in [0.15, 0.2) is 89.9 Å². The molecule has 1 atom stereocenters. The Bertz CT molecular complexity index is 1340. The van der Waals surface area contributed by atoms with Crippen molar-refractivity contribution in [3.05, 3.63) is 119 Å². The van der Waals surface area contributed by atoms with Crippen LogP contribution in [0.3, 0.4) is 0 Å². The highest BCUT2D eigenvalue weighted by Gasteiger charge is 2.26. The van der Waals surface area contributed by atoms with Crippen LogP contribution in [0, 0.1) is 18.7 Å². The molecule has 1 aliphatic rings. The van der Waals surface area contributed by atoms with E-state index in [1.54, 1.807) is 36.4 Å². The van der Waals surface area contributed by atoms with Crippen molar-refractivity contribution in [2.75, 3.05) is 0 Å². The largest absolute Gasteiger partial charge is 0.326 e. The summed E-state index contributed by atoms with van der Waals surface area (Å²) < 4.78 is 42.4. The number of aryl methyl sites for hydroxylation is 1. The molecule has 0 saturated heterocycles. The molecule has 6 heteroatoms. The second-order valence-electron chi connectivity index (χ2n) is 9.14. The Hall–Kier alpha value is -3.06. The molecule has 3 aromatic carbocycles. The van der Waals surface area contributed by atoms with Gasteiger partial charge in [-0.2, -0.15) is 4.31 Å². The number of halogens is 1. The van der Waals surface area contributed by atoms with E-state index in [2.05, 4.69) is 37.3 Å². The fourth-order valence-electron chi connectivity index (χ4n) is 4.35. The van der Waals surface area contributed by atoms with Gasteiger partial charge in [-0.15, -0.1) is 0 Å². The Morgan fingerprint density at radius 1 is 0.943 bits per heavy atom. The van der Waals surface area contributed by atoms with Crippen molar-refractivity contribution in [3.63, 3.8) is 0 Å². The predicted octanol–water partition coefficient (Wildman–Crippen LogP) is 5.96. The van der Waals surface area contributed by atoms with E-state index in [4.69, 9.17) is 5.73 Å². The van der Waals surface area contributed by atoms with Gasteiger partial charge in [0.2, 0.25) is 10.0 Å². The van der Waals surface area contributed by atoms with E-state index in [1.165, 1.54) is 22.0 Å². The fourth-order valence-corrected chi connectivity index (χ4v) is 5.76. The lowest BCUT2D eigenvalue weighted by atomic mass is 9.86. The molecule has 0 bridgehead atoms. The van der Waals surface area contributed by atoms with Crippen LogP contribution in [0.5, 0.6) is 0 Å². The molecule has 1 unspecified atom stereocenters. The summed E-state index contributed by atoms with van der Waals surface area (Å²) >= 11 is 0. The summed E-state index contributed by atoms with van der Waals surface area (Å²) in [5.74, 6) is 0.0124. The number of allylic oxidation sites excluding steroid dienone is 4. The van der Waals surface area contributed by atoms with Crippen molar-refractivity contribution in [1.82, 2.24) is 4.31 Å². The average molecular weight is 491 g/mol. The molecule has 0 spiro atoms. The van der Waals surface area contributed by atoms with Gasteiger partial charge < -0.3 is 5.73 Å². The lowest BCUT2D eigenvalue weighted by Gasteiger charge is -2.24. The summed E-state index contributed by atoms with van der Waals surface area (Å²) in [6, 6.07) is 18.9. The van der Waals surface area contributed by atoms with E-state index in [9.17, 15) is 12.8 Å². The number of nitrogens with two attached hydrogens (primary N) is 1. The molecular weight excluding hydrogens is 459 g/mol. The molecule has 182 valence electrons. The van der Waals surface area contributed by atoms with Crippen molar-refractivity contribution in [2.24, 2.45) is 11.7 Å². The molecule has 2 N–H and O–H groups in total. The number of sulfonamides is 1. The minimum atomic E-state index is -3.81. The summed E-state index contributed by atoms with van der Waals surface area (Å²) in [6.07, 6.45) is 7.30. The van der Waals surface area contributed by atoms with E-state index in [1.807, 2.05) is 13.0 Å². The highest BCUT2D eigenvalue weighted by Crippen LogP contribution is 2.31. The Morgan fingerprint density at radius 3 is 2.26 bits per heavy atom. The van der Waals surface area contributed by atoms with Crippen molar-refractivity contribution in [3.8, 4) is 0 Å². The summed E-state index contributed by atoms with van der Waals surface area (Å²) in [5.41, 5.74) is 11.8. The summed E-state index contributed by atoms with van der Waals surface area (Å²) in [7, 11) is -3.81. The fraction of sp³-hybridized carbons (Fsp3) is 0.241. The van der Waals surface area contributed by atoms with Gasteiger partial charge in [-0.25, -0.2) is 12.8 Å². The van der Waals surface area contributed by atoms with Gasteiger partial charge in [0.05, 0.1) is 4.90 Å². The Kier molecular flexibility index (Phi) is 7.65. The van der Waals surface area contributed by atoms with Crippen LogP contribution in [-0.2, 0) is 29.7 Å². The first kappa shape index (κ1) is 25.0. The van der Waals surface area contributed by atoms with Gasteiger partial charge in [0.15, 0.2) is 0 Å². The third-order valence-electron chi connectivity index (χ3n) is 6.34. The Morgan fingerprint density at radius 2 is 1.60 bits per heavy atom. The van der Waals surface area contributed by atoms with E-state index in [0.29, 0.717) is 18.0 Å². The Balaban J connectivity index is 1.74. The molecule has 35 heavy (non-hydrogen) atoms. The number of hydrogen-bond acceptors (Lipinski definition) is 3. The second-order valence-corrected chi connectivity index (χ2v) is 11.1. The topological polar surface area (TPSA) is 63.4 Å². The molecule has 0 radical (unpaired) electrons. The molecule has 0 amide bonds. The highest BCUT2D eigenvalue weighted by molar-refractivity contribution is 7.89. The normalized spacial score (nSPS) is 15.9. The van der Waals surface area contributed by atoms with Crippen molar-refractivity contribution >= 4 is 15.6 Å². The van der Waals surface area contributed by atoms with Crippen molar-refractivity contribution in [1.29, 1.82) is 0 Å². The van der Waals surface area contributed by atoms with Gasteiger partial charge in [0.25, 0.3) is 0 Å². The standard InChI is InChI=1S/C29H31FN2O2S/c1-21-7-13-28(14-8-21)35(33,34)32(19-23-9-11-27(30)12-10-23)20-25-15-24(18-31)16-26(17-25)29-6-4-3-5-22(29)2/h3-4,6-17,22H,5,18-20,31H2,1-2H3. The predicted molar refractivity (Wildman–Crippen MR) is 139 cm³/mol. The minimum Gasteiger partial charge on any atom is -0.326 e. The molecule has 0 fully saturated rings.